The molecule has 0 fully saturated rings. The molecule has 0 bridgehead atoms. The van der Waals surface area contributed by atoms with Crippen LogP contribution in [0.25, 0.3) is 0 Å². The van der Waals surface area contributed by atoms with Crippen molar-refractivity contribution in [3.63, 3.8) is 0 Å². The highest BCUT2D eigenvalue weighted by Crippen LogP contribution is 2.39. The monoisotopic (exact) mass is 342 g/mol. The van der Waals surface area contributed by atoms with Crippen molar-refractivity contribution in [1.29, 1.82) is 5.26 Å². The Hall–Kier alpha value is -2.19. The summed E-state index contributed by atoms with van der Waals surface area (Å²) in [6.45, 7) is 6.15. The maximum Gasteiger partial charge on any atom is 0.158 e. The zero-order valence-corrected chi connectivity index (χ0v) is 15.1. The molecule has 0 saturated heterocycles. The molecule has 0 radical (unpaired) electrons. The molecular formula is C19H22N2O2S. The van der Waals surface area contributed by atoms with Crippen molar-refractivity contribution >= 4 is 18.4 Å². The summed E-state index contributed by atoms with van der Waals surface area (Å²) in [5.41, 5.74) is 2.67. The van der Waals surface area contributed by atoms with E-state index in [1.165, 1.54) is 6.92 Å². The number of rotatable bonds is 6. The lowest BCUT2D eigenvalue weighted by Crippen LogP contribution is -2.26. The number of hydrogen-bond donors (Lipinski definition) is 2. The minimum atomic E-state index is -0.397. The van der Waals surface area contributed by atoms with Crippen molar-refractivity contribution in [2.24, 2.45) is 0 Å². The predicted octanol–water partition coefficient (Wildman–Crippen LogP) is 4.08. The van der Waals surface area contributed by atoms with Gasteiger partial charge in [-0.1, -0.05) is 25.5 Å². The summed E-state index contributed by atoms with van der Waals surface area (Å²) in [6.07, 6.45) is 2.09. The van der Waals surface area contributed by atoms with E-state index in [1.807, 2.05) is 31.2 Å². The average Bonchev–Trinajstić information content (AvgIpc) is 2.54. The van der Waals surface area contributed by atoms with Crippen LogP contribution in [0, 0.1) is 11.3 Å². The summed E-state index contributed by atoms with van der Waals surface area (Å²) < 4.78 is 5.68. The van der Waals surface area contributed by atoms with Crippen molar-refractivity contribution in [2.45, 2.75) is 39.5 Å². The Kier molecular flexibility index (Phi) is 6.10. The Balaban J connectivity index is 2.37. The third-order valence-electron chi connectivity index (χ3n) is 4.02. The van der Waals surface area contributed by atoms with Crippen LogP contribution in [0.4, 0.5) is 0 Å². The average molecular weight is 342 g/mol. The number of nitriles is 1. The number of carbonyl (C=O) groups excluding carboxylic acids is 1. The molecule has 1 aromatic carbocycles. The van der Waals surface area contributed by atoms with Gasteiger partial charge in [0.25, 0.3) is 0 Å². The molecule has 0 aliphatic carbocycles. The molecule has 1 aliphatic heterocycles. The molecule has 1 N–H and O–H groups in total. The Morgan fingerprint density at radius 2 is 2.04 bits per heavy atom. The number of nitrogens with one attached hydrogen (secondary N) is 1. The number of ketones is 1. The van der Waals surface area contributed by atoms with Gasteiger partial charge in [-0.05, 0) is 38.0 Å². The second-order valence-electron chi connectivity index (χ2n) is 5.80. The second-order valence-corrected chi connectivity index (χ2v) is 6.25. The predicted molar refractivity (Wildman–Crippen MR) is 97.7 cm³/mol. The first-order valence-electron chi connectivity index (χ1n) is 8.04. The highest BCUT2D eigenvalue weighted by molar-refractivity contribution is 7.84. The van der Waals surface area contributed by atoms with Gasteiger partial charge in [-0.2, -0.15) is 5.26 Å². The standard InChI is InChI=1S/C19H22N2O2S/c1-4-5-10-23-15-8-6-14(7-9-15)18-16(11-20)19(24)21-12(2)17(18)13(3)22/h6-9,18,21,24H,4-5,10H2,1-3H3/t18-/m1/s1. The largest absolute Gasteiger partial charge is 0.494 e. The number of nitrogens with zero attached hydrogens (tertiary/aromatic N) is 1. The zero-order chi connectivity index (χ0) is 17.7. The van der Waals surface area contributed by atoms with Gasteiger partial charge in [0.1, 0.15) is 5.75 Å². The molecule has 0 aromatic heterocycles. The number of dihydropyridines is 1. The number of carbonyl (C=O) groups is 1. The van der Waals surface area contributed by atoms with Crippen LogP contribution in [0.3, 0.4) is 0 Å². The number of Topliss-reactive ketones (excluding diaryl/α,β-unsaturated/α-hetero) is 1. The molecule has 1 aromatic rings. The van der Waals surface area contributed by atoms with E-state index in [2.05, 4.69) is 30.9 Å². The number of allylic oxidation sites excluding steroid dienone is 3. The van der Waals surface area contributed by atoms with E-state index in [-0.39, 0.29) is 5.78 Å². The van der Waals surface area contributed by atoms with Crippen molar-refractivity contribution in [1.82, 2.24) is 5.32 Å². The topological polar surface area (TPSA) is 62.1 Å². The summed E-state index contributed by atoms with van der Waals surface area (Å²) in [5, 5.41) is 13.0. The number of ether oxygens (including phenoxy) is 1. The third kappa shape index (κ3) is 3.82. The Morgan fingerprint density at radius 3 is 2.58 bits per heavy atom. The Bertz CT molecular complexity index is 727. The lowest BCUT2D eigenvalue weighted by Gasteiger charge is -2.28. The van der Waals surface area contributed by atoms with Crippen LogP contribution >= 0.6 is 12.6 Å². The molecule has 2 rings (SSSR count). The molecule has 1 heterocycles. The number of thiol groups is 1. The molecule has 1 aliphatic rings. The summed E-state index contributed by atoms with van der Waals surface area (Å²) in [5.74, 6) is 0.340. The molecule has 0 saturated carbocycles. The molecule has 0 unspecified atom stereocenters. The summed E-state index contributed by atoms with van der Waals surface area (Å²) in [7, 11) is 0. The van der Waals surface area contributed by atoms with Gasteiger partial charge in [-0.25, -0.2) is 0 Å². The highest BCUT2D eigenvalue weighted by Gasteiger charge is 2.31. The maximum atomic E-state index is 12.1. The van der Waals surface area contributed by atoms with Gasteiger partial charge in [0, 0.05) is 11.3 Å². The Morgan fingerprint density at radius 1 is 1.38 bits per heavy atom. The van der Waals surface area contributed by atoms with Crippen molar-refractivity contribution in [3.05, 3.63) is 51.7 Å². The molecule has 0 amide bonds. The SMILES string of the molecule is CCCCOc1ccc([C@@H]2C(C#N)=C(S)NC(C)=C2C(C)=O)cc1. The van der Waals surface area contributed by atoms with E-state index in [4.69, 9.17) is 4.74 Å². The number of benzene rings is 1. The van der Waals surface area contributed by atoms with E-state index in [9.17, 15) is 10.1 Å². The third-order valence-corrected chi connectivity index (χ3v) is 4.37. The second kappa shape index (κ2) is 8.07. The van der Waals surface area contributed by atoms with E-state index < -0.39 is 5.92 Å². The normalized spacial score (nSPS) is 17.4. The molecule has 5 heteroatoms. The van der Waals surface area contributed by atoms with Crippen molar-refractivity contribution in [2.75, 3.05) is 6.61 Å². The minimum absolute atomic E-state index is 0.0538. The summed E-state index contributed by atoms with van der Waals surface area (Å²) in [6, 6.07) is 9.77. The van der Waals surface area contributed by atoms with Gasteiger partial charge in [-0.3, -0.25) is 4.79 Å². The van der Waals surface area contributed by atoms with Gasteiger partial charge in [0.2, 0.25) is 0 Å². The van der Waals surface area contributed by atoms with Crippen LogP contribution in [-0.4, -0.2) is 12.4 Å². The van der Waals surface area contributed by atoms with Gasteiger partial charge >= 0.3 is 0 Å². The molecule has 24 heavy (non-hydrogen) atoms. The van der Waals surface area contributed by atoms with Crippen LogP contribution < -0.4 is 10.1 Å². The van der Waals surface area contributed by atoms with Gasteiger partial charge in [0.15, 0.2) is 5.78 Å². The highest BCUT2D eigenvalue weighted by atomic mass is 32.1. The molecule has 4 nitrogen and oxygen atoms in total. The van der Waals surface area contributed by atoms with E-state index >= 15 is 0 Å². The minimum Gasteiger partial charge on any atom is -0.494 e. The van der Waals surface area contributed by atoms with Gasteiger partial charge in [-0.15, -0.1) is 12.6 Å². The fraction of sp³-hybridized carbons (Fsp3) is 0.368. The van der Waals surface area contributed by atoms with E-state index in [1.54, 1.807) is 0 Å². The smallest absolute Gasteiger partial charge is 0.158 e. The van der Waals surface area contributed by atoms with Gasteiger partial charge in [0.05, 0.1) is 29.2 Å². The van der Waals surface area contributed by atoms with Crippen LogP contribution in [0.1, 0.15) is 45.1 Å². The number of unbranched alkanes of at least 4 members (excludes halogenated alkanes) is 1. The molecule has 1 atom stereocenters. The first-order chi connectivity index (χ1) is 11.5. The van der Waals surface area contributed by atoms with Crippen molar-refractivity contribution in [3.8, 4) is 11.8 Å². The maximum absolute atomic E-state index is 12.1. The first kappa shape index (κ1) is 18.2. The van der Waals surface area contributed by atoms with Crippen LogP contribution in [0.15, 0.2) is 46.1 Å². The molecule has 0 spiro atoms. The fourth-order valence-electron chi connectivity index (χ4n) is 2.82. The summed E-state index contributed by atoms with van der Waals surface area (Å²) >= 11 is 4.37. The van der Waals surface area contributed by atoms with Crippen LogP contribution in [0.2, 0.25) is 0 Å². The van der Waals surface area contributed by atoms with Gasteiger partial charge < -0.3 is 10.1 Å². The molecule has 126 valence electrons. The fourth-order valence-corrected chi connectivity index (χ4v) is 3.17. The quantitative estimate of drug-likeness (QED) is 0.604. The summed E-state index contributed by atoms with van der Waals surface area (Å²) in [4.78, 5) is 12.1. The van der Waals surface area contributed by atoms with E-state index in [0.29, 0.717) is 22.8 Å². The van der Waals surface area contributed by atoms with Crippen LogP contribution in [0.5, 0.6) is 5.75 Å². The lowest BCUT2D eigenvalue weighted by atomic mass is 9.81. The first-order valence-corrected chi connectivity index (χ1v) is 8.49. The van der Waals surface area contributed by atoms with Crippen LogP contribution in [-0.2, 0) is 4.79 Å². The molecular weight excluding hydrogens is 320 g/mol. The number of hydrogen-bond acceptors (Lipinski definition) is 5. The Labute approximate surface area is 148 Å². The van der Waals surface area contributed by atoms with E-state index in [0.717, 1.165) is 29.9 Å². The van der Waals surface area contributed by atoms with Crippen molar-refractivity contribution < 1.29 is 9.53 Å². The zero-order valence-electron chi connectivity index (χ0n) is 14.2. The lowest BCUT2D eigenvalue weighted by molar-refractivity contribution is -0.113.